The van der Waals surface area contributed by atoms with E-state index in [0.29, 0.717) is 35.2 Å². The number of hydrogen-bond acceptors (Lipinski definition) is 4. The molecule has 0 heterocycles. The smallest absolute Gasteiger partial charge is 0.255 e. The maximum absolute atomic E-state index is 12.3. The number of nitrogens with two attached hydrogens (primary N) is 1. The van der Waals surface area contributed by atoms with Crippen molar-refractivity contribution in [1.82, 2.24) is 0 Å². The quantitative estimate of drug-likeness (QED) is 0.800. The van der Waals surface area contributed by atoms with Crippen molar-refractivity contribution in [2.24, 2.45) is 5.92 Å². The van der Waals surface area contributed by atoms with Crippen LogP contribution in [0.2, 0.25) is 0 Å². The van der Waals surface area contributed by atoms with Crippen LogP contribution in [0.25, 0.3) is 0 Å². The van der Waals surface area contributed by atoms with Crippen LogP contribution in [0, 0.1) is 5.92 Å². The lowest BCUT2D eigenvalue weighted by molar-refractivity contribution is 0.102. The fourth-order valence-corrected chi connectivity index (χ4v) is 1.97. The molecule has 3 N–H and O–H groups in total. The molecule has 0 unspecified atom stereocenters. The van der Waals surface area contributed by atoms with Gasteiger partial charge in [-0.1, -0.05) is 13.8 Å². The van der Waals surface area contributed by atoms with Crippen molar-refractivity contribution in [3.63, 3.8) is 0 Å². The van der Waals surface area contributed by atoms with Crippen LogP contribution in [0.3, 0.4) is 0 Å². The number of nitrogen functional groups attached to an aromatic ring is 1. The zero-order chi connectivity index (χ0) is 16.8. The number of nitrogens with one attached hydrogen (secondary N) is 1. The van der Waals surface area contributed by atoms with Gasteiger partial charge in [0.05, 0.1) is 19.4 Å². The fraction of sp³-hybridized carbons (Fsp3) is 0.278. The van der Waals surface area contributed by atoms with E-state index in [9.17, 15) is 4.79 Å². The van der Waals surface area contributed by atoms with E-state index < -0.39 is 0 Å². The molecule has 2 rings (SSSR count). The minimum atomic E-state index is -0.219. The molecule has 0 saturated heterocycles. The van der Waals surface area contributed by atoms with Crippen LogP contribution >= 0.6 is 0 Å². The van der Waals surface area contributed by atoms with Gasteiger partial charge in [0.15, 0.2) is 0 Å². The highest BCUT2D eigenvalue weighted by Crippen LogP contribution is 2.27. The Labute approximate surface area is 136 Å². The average molecular weight is 314 g/mol. The number of rotatable bonds is 6. The first kappa shape index (κ1) is 16.7. The molecule has 0 atom stereocenters. The highest BCUT2D eigenvalue weighted by atomic mass is 16.5. The third kappa shape index (κ3) is 4.64. The van der Waals surface area contributed by atoms with E-state index in [1.807, 2.05) is 0 Å². The fourth-order valence-electron chi connectivity index (χ4n) is 1.97. The number of hydrogen-bond donors (Lipinski definition) is 2. The number of carbonyl (C=O) groups is 1. The second-order valence-electron chi connectivity index (χ2n) is 5.64. The normalized spacial score (nSPS) is 10.4. The van der Waals surface area contributed by atoms with E-state index in [-0.39, 0.29) is 5.91 Å². The zero-order valence-corrected chi connectivity index (χ0v) is 13.6. The predicted molar refractivity (Wildman–Crippen MR) is 92.1 cm³/mol. The van der Waals surface area contributed by atoms with Crippen LogP contribution in [0.15, 0.2) is 42.5 Å². The summed E-state index contributed by atoms with van der Waals surface area (Å²) >= 11 is 0. The molecule has 0 saturated carbocycles. The van der Waals surface area contributed by atoms with Gasteiger partial charge in [-0.3, -0.25) is 4.79 Å². The number of amides is 1. The molecule has 0 radical (unpaired) electrons. The van der Waals surface area contributed by atoms with Gasteiger partial charge in [0.1, 0.15) is 11.5 Å². The summed E-state index contributed by atoms with van der Waals surface area (Å²) in [4.78, 5) is 12.3. The first-order valence-electron chi connectivity index (χ1n) is 7.47. The average Bonchev–Trinajstić information content (AvgIpc) is 2.54. The van der Waals surface area contributed by atoms with E-state index >= 15 is 0 Å². The molecule has 5 heteroatoms. The SMILES string of the molecule is COc1cc(N)ccc1NC(=O)c1ccc(OCC(C)C)cc1. The van der Waals surface area contributed by atoms with Gasteiger partial charge in [-0.2, -0.15) is 0 Å². The van der Waals surface area contributed by atoms with E-state index in [1.165, 1.54) is 7.11 Å². The molecule has 0 fully saturated rings. The Morgan fingerprint density at radius 1 is 1.17 bits per heavy atom. The monoisotopic (exact) mass is 314 g/mol. The molecular formula is C18H22N2O3. The summed E-state index contributed by atoms with van der Waals surface area (Å²) in [5, 5.41) is 2.81. The molecule has 0 spiro atoms. The number of benzene rings is 2. The Hall–Kier alpha value is -2.69. The Bertz CT molecular complexity index is 666. The molecule has 0 aromatic heterocycles. The van der Waals surface area contributed by atoms with E-state index in [0.717, 1.165) is 5.75 Å². The van der Waals surface area contributed by atoms with Crippen LogP contribution in [0.1, 0.15) is 24.2 Å². The molecule has 0 aliphatic heterocycles. The highest BCUT2D eigenvalue weighted by Gasteiger charge is 2.10. The Balaban J connectivity index is 2.06. The summed E-state index contributed by atoms with van der Waals surface area (Å²) in [6, 6.07) is 12.1. The highest BCUT2D eigenvalue weighted by molar-refractivity contribution is 6.05. The minimum Gasteiger partial charge on any atom is -0.494 e. The maximum atomic E-state index is 12.3. The van der Waals surface area contributed by atoms with Crippen molar-refractivity contribution < 1.29 is 14.3 Å². The van der Waals surface area contributed by atoms with E-state index in [1.54, 1.807) is 42.5 Å². The summed E-state index contributed by atoms with van der Waals surface area (Å²) in [6.07, 6.45) is 0. The zero-order valence-electron chi connectivity index (χ0n) is 13.6. The summed E-state index contributed by atoms with van der Waals surface area (Å²) in [5.41, 5.74) is 7.40. The van der Waals surface area contributed by atoms with Gasteiger partial charge in [-0.25, -0.2) is 0 Å². The molecule has 2 aromatic carbocycles. The summed E-state index contributed by atoms with van der Waals surface area (Å²) in [7, 11) is 1.53. The maximum Gasteiger partial charge on any atom is 0.255 e. The van der Waals surface area contributed by atoms with Gasteiger partial charge in [0.25, 0.3) is 5.91 Å². The lowest BCUT2D eigenvalue weighted by Crippen LogP contribution is -2.13. The molecule has 2 aromatic rings. The number of carbonyl (C=O) groups excluding carboxylic acids is 1. The molecular weight excluding hydrogens is 292 g/mol. The molecule has 1 amide bonds. The van der Waals surface area contributed by atoms with E-state index in [2.05, 4.69) is 19.2 Å². The molecule has 0 aliphatic carbocycles. The van der Waals surface area contributed by atoms with Gasteiger partial charge in [-0.15, -0.1) is 0 Å². The largest absolute Gasteiger partial charge is 0.494 e. The third-order valence-corrected chi connectivity index (χ3v) is 3.17. The van der Waals surface area contributed by atoms with Crippen molar-refractivity contribution in [2.45, 2.75) is 13.8 Å². The van der Waals surface area contributed by atoms with E-state index in [4.69, 9.17) is 15.2 Å². The lowest BCUT2D eigenvalue weighted by atomic mass is 10.2. The number of ether oxygens (including phenoxy) is 2. The number of anilines is 2. The Kier molecular flexibility index (Phi) is 5.46. The molecule has 0 aliphatic rings. The second kappa shape index (κ2) is 7.54. The molecule has 0 bridgehead atoms. The van der Waals surface area contributed by atoms with Crippen LogP contribution in [0.4, 0.5) is 11.4 Å². The van der Waals surface area contributed by atoms with Gasteiger partial charge in [0.2, 0.25) is 0 Å². The Morgan fingerprint density at radius 2 is 1.87 bits per heavy atom. The summed E-state index contributed by atoms with van der Waals surface area (Å²) in [5.74, 6) is 1.51. The van der Waals surface area contributed by atoms with Crippen molar-refractivity contribution in [2.75, 3.05) is 24.8 Å². The van der Waals surface area contributed by atoms with Gasteiger partial charge >= 0.3 is 0 Å². The van der Waals surface area contributed by atoms with Crippen molar-refractivity contribution in [3.8, 4) is 11.5 Å². The summed E-state index contributed by atoms with van der Waals surface area (Å²) in [6.45, 7) is 4.82. The van der Waals surface area contributed by atoms with Gasteiger partial charge in [0, 0.05) is 17.3 Å². The lowest BCUT2D eigenvalue weighted by Gasteiger charge is -2.12. The Morgan fingerprint density at radius 3 is 2.48 bits per heavy atom. The van der Waals surface area contributed by atoms with Crippen LogP contribution < -0.4 is 20.5 Å². The topological polar surface area (TPSA) is 73.6 Å². The standard InChI is InChI=1S/C18H22N2O3/c1-12(2)11-23-15-7-4-13(5-8-15)18(21)20-16-9-6-14(19)10-17(16)22-3/h4-10,12H,11,19H2,1-3H3,(H,20,21). The first-order valence-corrected chi connectivity index (χ1v) is 7.47. The minimum absolute atomic E-state index is 0.219. The summed E-state index contributed by atoms with van der Waals surface area (Å²) < 4.78 is 10.8. The molecule has 122 valence electrons. The third-order valence-electron chi connectivity index (χ3n) is 3.17. The molecule has 23 heavy (non-hydrogen) atoms. The molecule has 5 nitrogen and oxygen atoms in total. The second-order valence-corrected chi connectivity index (χ2v) is 5.64. The first-order chi connectivity index (χ1) is 11.0. The van der Waals surface area contributed by atoms with Gasteiger partial charge < -0.3 is 20.5 Å². The van der Waals surface area contributed by atoms with Crippen LogP contribution in [0.5, 0.6) is 11.5 Å². The van der Waals surface area contributed by atoms with Crippen molar-refractivity contribution in [1.29, 1.82) is 0 Å². The van der Waals surface area contributed by atoms with Crippen LogP contribution in [-0.4, -0.2) is 19.6 Å². The predicted octanol–water partition coefficient (Wildman–Crippen LogP) is 3.56. The van der Waals surface area contributed by atoms with Crippen molar-refractivity contribution >= 4 is 17.3 Å². The van der Waals surface area contributed by atoms with Crippen molar-refractivity contribution in [3.05, 3.63) is 48.0 Å². The van der Waals surface area contributed by atoms with Crippen LogP contribution in [-0.2, 0) is 0 Å². The van der Waals surface area contributed by atoms with Gasteiger partial charge in [-0.05, 0) is 42.3 Å². The number of methoxy groups -OCH3 is 1.